The molecule has 5 rings (SSSR count). The number of nitrogens with zero attached hydrogens (tertiary/aromatic N) is 1. The number of hydrogen-bond acceptors (Lipinski definition) is 5. The summed E-state index contributed by atoms with van der Waals surface area (Å²) < 4.78 is 16.9. The molecule has 6 heteroatoms. The number of carbonyl (C=O) groups is 1. The smallest absolute Gasteiger partial charge is 0.251 e. The predicted octanol–water partition coefficient (Wildman–Crippen LogP) is 3.75. The SMILES string of the molecule is COC1CCN(Cc2ccc3c(c2)CC[C@H](NC(=O)c2ccc(OC[C@@H]4CCCO4)cc2)C3)C1. The lowest BCUT2D eigenvalue weighted by Gasteiger charge is -2.26. The Morgan fingerprint density at radius 1 is 1.12 bits per heavy atom. The summed E-state index contributed by atoms with van der Waals surface area (Å²) in [4.78, 5) is 15.3. The number of hydrogen-bond donors (Lipinski definition) is 1. The van der Waals surface area contributed by atoms with E-state index in [2.05, 4.69) is 28.4 Å². The maximum absolute atomic E-state index is 12.8. The number of carbonyl (C=O) groups excluding carboxylic acids is 1. The fraction of sp³-hybridized carbons (Fsp3) is 0.536. The second kappa shape index (κ2) is 10.9. The van der Waals surface area contributed by atoms with Crippen LogP contribution in [0.4, 0.5) is 0 Å². The maximum Gasteiger partial charge on any atom is 0.251 e. The zero-order valence-corrected chi connectivity index (χ0v) is 20.1. The fourth-order valence-corrected chi connectivity index (χ4v) is 5.36. The first-order valence-electron chi connectivity index (χ1n) is 12.7. The van der Waals surface area contributed by atoms with Crippen LogP contribution in [0.5, 0.6) is 5.75 Å². The monoisotopic (exact) mass is 464 g/mol. The lowest BCUT2D eigenvalue weighted by molar-refractivity contribution is 0.0679. The third-order valence-corrected chi connectivity index (χ3v) is 7.38. The molecule has 34 heavy (non-hydrogen) atoms. The first-order chi connectivity index (χ1) is 16.7. The number of amides is 1. The Bertz CT molecular complexity index is 971. The molecule has 1 N–H and O–H groups in total. The van der Waals surface area contributed by atoms with Crippen LogP contribution in [0.3, 0.4) is 0 Å². The average Bonchev–Trinajstić information content (AvgIpc) is 3.55. The van der Waals surface area contributed by atoms with Crippen LogP contribution in [-0.2, 0) is 28.9 Å². The van der Waals surface area contributed by atoms with Gasteiger partial charge in [-0.05, 0) is 79.5 Å². The average molecular weight is 465 g/mol. The zero-order chi connectivity index (χ0) is 23.3. The molecule has 2 saturated heterocycles. The van der Waals surface area contributed by atoms with E-state index in [1.54, 1.807) is 7.11 Å². The first kappa shape index (κ1) is 23.3. The van der Waals surface area contributed by atoms with Crippen molar-refractivity contribution >= 4 is 5.91 Å². The minimum absolute atomic E-state index is 0.0162. The quantitative estimate of drug-likeness (QED) is 0.645. The van der Waals surface area contributed by atoms with Gasteiger partial charge in [-0.1, -0.05) is 18.2 Å². The molecular weight excluding hydrogens is 428 g/mol. The molecule has 2 heterocycles. The number of fused-ring (bicyclic) bond motifs is 1. The molecule has 0 bridgehead atoms. The van der Waals surface area contributed by atoms with Crippen molar-refractivity contribution in [1.82, 2.24) is 10.2 Å². The Morgan fingerprint density at radius 2 is 2.00 bits per heavy atom. The maximum atomic E-state index is 12.8. The van der Waals surface area contributed by atoms with Gasteiger partial charge in [0.1, 0.15) is 12.4 Å². The van der Waals surface area contributed by atoms with Crippen molar-refractivity contribution in [2.75, 3.05) is 33.4 Å². The number of rotatable bonds is 8. The van der Waals surface area contributed by atoms with Crippen LogP contribution in [0.25, 0.3) is 0 Å². The molecule has 1 amide bonds. The number of likely N-dealkylation sites (tertiary alicyclic amines) is 1. The molecule has 0 spiro atoms. The summed E-state index contributed by atoms with van der Waals surface area (Å²) in [6.45, 7) is 4.50. The first-order valence-corrected chi connectivity index (χ1v) is 12.7. The van der Waals surface area contributed by atoms with Gasteiger partial charge in [0.05, 0.1) is 12.2 Å². The molecule has 0 radical (unpaired) electrons. The van der Waals surface area contributed by atoms with Gasteiger partial charge in [-0.15, -0.1) is 0 Å². The zero-order valence-electron chi connectivity index (χ0n) is 20.1. The van der Waals surface area contributed by atoms with Gasteiger partial charge in [0, 0.05) is 45.0 Å². The molecule has 2 aromatic rings. The van der Waals surface area contributed by atoms with Crippen molar-refractivity contribution in [2.24, 2.45) is 0 Å². The van der Waals surface area contributed by atoms with Crippen LogP contribution >= 0.6 is 0 Å². The van der Waals surface area contributed by atoms with Crippen LogP contribution in [-0.4, -0.2) is 62.5 Å². The van der Waals surface area contributed by atoms with E-state index in [4.69, 9.17) is 14.2 Å². The highest BCUT2D eigenvalue weighted by Gasteiger charge is 2.24. The number of methoxy groups -OCH3 is 1. The van der Waals surface area contributed by atoms with Gasteiger partial charge in [-0.25, -0.2) is 0 Å². The highest BCUT2D eigenvalue weighted by molar-refractivity contribution is 5.94. The van der Waals surface area contributed by atoms with Gasteiger partial charge >= 0.3 is 0 Å². The summed E-state index contributed by atoms with van der Waals surface area (Å²) in [5, 5.41) is 3.24. The summed E-state index contributed by atoms with van der Waals surface area (Å²) in [7, 11) is 1.81. The number of nitrogens with one attached hydrogen (secondary N) is 1. The van der Waals surface area contributed by atoms with Crippen LogP contribution in [0.2, 0.25) is 0 Å². The molecule has 182 valence electrons. The van der Waals surface area contributed by atoms with E-state index >= 15 is 0 Å². The second-order valence-electron chi connectivity index (χ2n) is 9.87. The molecule has 0 saturated carbocycles. The molecule has 3 atom stereocenters. The number of ether oxygens (including phenoxy) is 3. The summed E-state index contributed by atoms with van der Waals surface area (Å²) in [5.41, 5.74) is 4.83. The van der Waals surface area contributed by atoms with E-state index < -0.39 is 0 Å². The van der Waals surface area contributed by atoms with Crippen molar-refractivity contribution in [2.45, 2.75) is 63.3 Å². The summed E-state index contributed by atoms with van der Waals surface area (Å²) in [6, 6.07) is 14.5. The molecule has 2 aliphatic heterocycles. The van der Waals surface area contributed by atoms with E-state index in [0.717, 1.165) is 70.5 Å². The normalized spacial score (nSPS) is 24.7. The molecule has 6 nitrogen and oxygen atoms in total. The van der Waals surface area contributed by atoms with Gasteiger partial charge in [-0.3, -0.25) is 9.69 Å². The second-order valence-corrected chi connectivity index (χ2v) is 9.87. The van der Waals surface area contributed by atoms with E-state index in [0.29, 0.717) is 18.3 Å². The van der Waals surface area contributed by atoms with Gasteiger partial charge in [0.15, 0.2) is 0 Å². The van der Waals surface area contributed by atoms with Crippen molar-refractivity contribution in [1.29, 1.82) is 0 Å². The van der Waals surface area contributed by atoms with Gasteiger partial charge < -0.3 is 19.5 Å². The van der Waals surface area contributed by atoms with E-state index in [1.807, 2.05) is 24.3 Å². The Hall–Kier alpha value is -2.41. The minimum Gasteiger partial charge on any atom is -0.491 e. The summed E-state index contributed by atoms with van der Waals surface area (Å²) in [6.07, 6.45) is 6.71. The van der Waals surface area contributed by atoms with Crippen molar-refractivity contribution in [3.05, 3.63) is 64.7 Å². The molecular formula is C28H36N2O4. The van der Waals surface area contributed by atoms with Gasteiger partial charge in [0.2, 0.25) is 0 Å². The number of benzene rings is 2. The molecule has 2 fully saturated rings. The van der Waals surface area contributed by atoms with Gasteiger partial charge in [-0.2, -0.15) is 0 Å². The van der Waals surface area contributed by atoms with Crippen LogP contribution in [0.15, 0.2) is 42.5 Å². The van der Waals surface area contributed by atoms with Crippen molar-refractivity contribution < 1.29 is 19.0 Å². The third-order valence-electron chi connectivity index (χ3n) is 7.38. The summed E-state index contributed by atoms with van der Waals surface area (Å²) >= 11 is 0. The van der Waals surface area contributed by atoms with Crippen LogP contribution in [0.1, 0.15) is 52.7 Å². The topological polar surface area (TPSA) is 60.0 Å². The van der Waals surface area contributed by atoms with E-state index in [9.17, 15) is 4.79 Å². The lowest BCUT2D eigenvalue weighted by atomic mass is 9.87. The molecule has 3 aliphatic rings. The number of aryl methyl sites for hydroxylation is 1. The largest absolute Gasteiger partial charge is 0.491 e. The lowest BCUT2D eigenvalue weighted by Crippen LogP contribution is -2.38. The highest BCUT2D eigenvalue weighted by Crippen LogP contribution is 2.25. The highest BCUT2D eigenvalue weighted by atomic mass is 16.5. The summed E-state index contributed by atoms with van der Waals surface area (Å²) in [5.74, 6) is 0.763. The van der Waals surface area contributed by atoms with E-state index in [-0.39, 0.29) is 18.1 Å². The Kier molecular flexibility index (Phi) is 7.48. The molecule has 1 aliphatic carbocycles. The molecule has 0 aromatic heterocycles. The Balaban J connectivity index is 1.11. The third kappa shape index (κ3) is 5.80. The van der Waals surface area contributed by atoms with Crippen molar-refractivity contribution in [3.63, 3.8) is 0 Å². The van der Waals surface area contributed by atoms with Gasteiger partial charge in [0.25, 0.3) is 5.91 Å². The Morgan fingerprint density at radius 3 is 2.76 bits per heavy atom. The Labute approximate surface area is 202 Å². The fourth-order valence-electron chi connectivity index (χ4n) is 5.36. The van der Waals surface area contributed by atoms with Crippen LogP contribution < -0.4 is 10.1 Å². The minimum atomic E-state index is -0.0162. The van der Waals surface area contributed by atoms with Crippen molar-refractivity contribution in [3.8, 4) is 5.75 Å². The van der Waals surface area contributed by atoms with Crippen LogP contribution in [0, 0.1) is 0 Å². The molecule has 2 aromatic carbocycles. The van der Waals surface area contributed by atoms with E-state index in [1.165, 1.54) is 16.7 Å². The standard InChI is InChI=1S/C28H36N2O4/c1-32-26-12-13-30(18-26)17-20-4-5-23-16-24(9-6-22(23)15-20)29-28(31)21-7-10-25(11-8-21)34-19-27-3-2-14-33-27/h4-5,7-8,10-11,15,24,26-27H,2-3,6,9,12-14,16-19H2,1H3,(H,29,31)/t24-,26?,27-/m0/s1. The molecule has 1 unspecified atom stereocenters. The predicted molar refractivity (Wildman–Crippen MR) is 131 cm³/mol.